The highest BCUT2D eigenvalue weighted by Gasteiger charge is 2.09. The van der Waals surface area contributed by atoms with Crippen LogP contribution in [0.3, 0.4) is 0 Å². The van der Waals surface area contributed by atoms with Gasteiger partial charge in [-0.2, -0.15) is 5.10 Å². The molecule has 4 nitrogen and oxygen atoms in total. The van der Waals surface area contributed by atoms with Gasteiger partial charge in [-0.3, -0.25) is 9.58 Å². The Morgan fingerprint density at radius 2 is 2.00 bits per heavy atom. The summed E-state index contributed by atoms with van der Waals surface area (Å²) < 4.78 is 2.02. The van der Waals surface area contributed by atoms with Crippen LogP contribution in [-0.2, 0) is 6.54 Å². The Labute approximate surface area is 109 Å². The maximum Gasteiger partial charge on any atom is 0.0753 e. The van der Waals surface area contributed by atoms with Gasteiger partial charge in [0.15, 0.2) is 0 Å². The Morgan fingerprint density at radius 1 is 1.28 bits per heavy atom. The van der Waals surface area contributed by atoms with Crippen molar-refractivity contribution in [3.8, 4) is 11.8 Å². The minimum atomic E-state index is 0.859. The van der Waals surface area contributed by atoms with Crippen LogP contribution in [0, 0.1) is 25.7 Å². The Balaban J connectivity index is 2.02. The molecule has 0 aliphatic carbocycles. The summed E-state index contributed by atoms with van der Waals surface area (Å²) in [6.45, 7) is 12.4. The van der Waals surface area contributed by atoms with E-state index in [2.05, 4.69) is 41.0 Å². The van der Waals surface area contributed by atoms with E-state index < -0.39 is 0 Å². The third-order valence-corrected chi connectivity index (χ3v) is 3.41. The highest BCUT2D eigenvalue weighted by molar-refractivity contribution is 5.41. The predicted octanol–water partition coefficient (Wildman–Crippen LogP) is 0.777. The first kappa shape index (κ1) is 13.1. The molecule has 4 heteroatoms. The van der Waals surface area contributed by atoms with E-state index in [0.29, 0.717) is 0 Å². The van der Waals surface area contributed by atoms with E-state index in [1.54, 1.807) is 0 Å². The maximum atomic E-state index is 4.48. The Bertz CT molecular complexity index is 458. The summed E-state index contributed by atoms with van der Waals surface area (Å²) in [6.07, 6.45) is 0. The van der Waals surface area contributed by atoms with Gasteiger partial charge < -0.3 is 5.32 Å². The van der Waals surface area contributed by atoms with Crippen LogP contribution < -0.4 is 5.32 Å². The van der Waals surface area contributed by atoms with Crippen molar-refractivity contribution in [2.24, 2.45) is 0 Å². The van der Waals surface area contributed by atoms with Crippen LogP contribution in [0.5, 0.6) is 0 Å². The SMILES string of the molecule is CCn1nc(C)c(C#CCN2CCNCC2)c1C. The zero-order chi connectivity index (χ0) is 13.0. The molecular weight excluding hydrogens is 224 g/mol. The minimum Gasteiger partial charge on any atom is -0.314 e. The highest BCUT2D eigenvalue weighted by atomic mass is 15.3. The average molecular weight is 246 g/mol. The first-order valence-electron chi connectivity index (χ1n) is 6.68. The summed E-state index contributed by atoms with van der Waals surface area (Å²) in [4.78, 5) is 2.39. The number of aryl methyl sites for hydroxylation is 2. The van der Waals surface area contributed by atoms with Crippen molar-refractivity contribution >= 4 is 0 Å². The van der Waals surface area contributed by atoms with E-state index >= 15 is 0 Å². The summed E-state index contributed by atoms with van der Waals surface area (Å²) in [5.74, 6) is 6.57. The lowest BCUT2D eigenvalue weighted by Crippen LogP contribution is -2.43. The van der Waals surface area contributed by atoms with Crippen LogP contribution in [0.1, 0.15) is 23.9 Å². The molecule has 2 rings (SSSR count). The summed E-state index contributed by atoms with van der Waals surface area (Å²) in [6, 6.07) is 0. The molecule has 1 saturated heterocycles. The van der Waals surface area contributed by atoms with Crippen LogP contribution >= 0.6 is 0 Å². The first-order chi connectivity index (χ1) is 8.72. The fraction of sp³-hybridized carbons (Fsp3) is 0.643. The number of nitrogens with one attached hydrogen (secondary N) is 1. The molecule has 0 bridgehead atoms. The number of rotatable bonds is 2. The van der Waals surface area contributed by atoms with E-state index in [1.807, 2.05) is 11.6 Å². The number of nitrogens with zero attached hydrogens (tertiary/aromatic N) is 3. The van der Waals surface area contributed by atoms with Gasteiger partial charge in [-0.05, 0) is 20.8 Å². The molecule has 1 aliphatic rings. The van der Waals surface area contributed by atoms with Crippen molar-refractivity contribution < 1.29 is 0 Å². The largest absolute Gasteiger partial charge is 0.314 e. The average Bonchev–Trinajstić information content (AvgIpc) is 2.67. The molecule has 98 valence electrons. The van der Waals surface area contributed by atoms with Crippen LogP contribution in [0.2, 0.25) is 0 Å². The standard InChI is InChI=1S/C14H22N4/c1-4-18-13(3)14(12(2)16-18)6-5-9-17-10-7-15-8-11-17/h15H,4,7-11H2,1-3H3. The molecule has 0 unspecified atom stereocenters. The van der Waals surface area contributed by atoms with Gasteiger partial charge in [0, 0.05) is 32.7 Å². The van der Waals surface area contributed by atoms with Crippen molar-refractivity contribution in [2.45, 2.75) is 27.3 Å². The zero-order valence-electron chi connectivity index (χ0n) is 11.6. The highest BCUT2D eigenvalue weighted by Crippen LogP contribution is 2.10. The van der Waals surface area contributed by atoms with Gasteiger partial charge >= 0.3 is 0 Å². The quantitative estimate of drug-likeness (QED) is 0.783. The van der Waals surface area contributed by atoms with Gasteiger partial charge in [-0.15, -0.1) is 0 Å². The summed E-state index contributed by atoms with van der Waals surface area (Å²) >= 11 is 0. The number of hydrogen-bond donors (Lipinski definition) is 1. The first-order valence-corrected chi connectivity index (χ1v) is 6.68. The normalized spacial score (nSPS) is 16.4. The molecular formula is C14H22N4. The molecule has 0 amide bonds. The molecule has 18 heavy (non-hydrogen) atoms. The topological polar surface area (TPSA) is 33.1 Å². The molecule has 0 atom stereocenters. The van der Waals surface area contributed by atoms with Gasteiger partial charge in [-0.25, -0.2) is 0 Å². The molecule has 0 radical (unpaired) electrons. The van der Waals surface area contributed by atoms with Gasteiger partial charge in [0.1, 0.15) is 0 Å². The van der Waals surface area contributed by atoms with E-state index in [4.69, 9.17) is 0 Å². The molecule has 2 heterocycles. The molecule has 1 aromatic rings. The molecule has 0 saturated carbocycles. The van der Waals surface area contributed by atoms with Crippen LogP contribution in [0.15, 0.2) is 0 Å². The number of piperazine rings is 1. The molecule has 1 fully saturated rings. The van der Waals surface area contributed by atoms with Crippen molar-refractivity contribution in [1.82, 2.24) is 20.0 Å². The monoisotopic (exact) mass is 246 g/mol. The van der Waals surface area contributed by atoms with Gasteiger partial charge in [0.2, 0.25) is 0 Å². The van der Waals surface area contributed by atoms with Crippen molar-refractivity contribution in [3.63, 3.8) is 0 Å². The number of aromatic nitrogens is 2. The lowest BCUT2D eigenvalue weighted by Gasteiger charge is -2.24. The van der Waals surface area contributed by atoms with Crippen LogP contribution in [-0.4, -0.2) is 47.4 Å². The molecule has 1 N–H and O–H groups in total. The second-order valence-corrected chi connectivity index (χ2v) is 4.69. The Kier molecular flexibility index (Phi) is 4.40. The van der Waals surface area contributed by atoms with Gasteiger partial charge in [-0.1, -0.05) is 11.8 Å². The van der Waals surface area contributed by atoms with E-state index in [-0.39, 0.29) is 0 Å². The second kappa shape index (κ2) is 6.03. The van der Waals surface area contributed by atoms with Crippen LogP contribution in [0.4, 0.5) is 0 Å². The van der Waals surface area contributed by atoms with Crippen LogP contribution in [0.25, 0.3) is 0 Å². The van der Waals surface area contributed by atoms with E-state index in [1.165, 1.54) is 5.69 Å². The van der Waals surface area contributed by atoms with E-state index in [9.17, 15) is 0 Å². The molecule has 1 aromatic heterocycles. The maximum absolute atomic E-state index is 4.48. The smallest absolute Gasteiger partial charge is 0.0753 e. The van der Waals surface area contributed by atoms with Gasteiger partial charge in [0.05, 0.1) is 23.5 Å². The zero-order valence-corrected chi connectivity index (χ0v) is 11.6. The molecule has 1 aliphatic heterocycles. The van der Waals surface area contributed by atoms with E-state index in [0.717, 1.165) is 50.5 Å². The summed E-state index contributed by atoms with van der Waals surface area (Å²) in [5.41, 5.74) is 3.33. The minimum absolute atomic E-state index is 0.859. The third-order valence-electron chi connectivity index (χ3n) is 3.41. The van der Waals surface area contributed by atoms with Crippen molar-refractivity contribution in [1.29, 1.82) is 0 Å². The lowest BCUT2D eigenvalue weighted by molar-refractivity contribution is 0.268. The Hall–Kier alpha value is -1.31. The predicted molar refractivity (Wildman–Crippen MR) is 73.6 cm³/mol. The van der Waals surface area contributed by atoms with Crippen molar-refractivity contribution in [2.75, 3.05) is 32.7 Å². The third kappa shape index (κ3) is 2.92. The molecule has 0 aromatic carbocycles. The molecule has 0 spiro atoms. The summed E-state index contributed by atoms with van der Waals surface area (Å²) in [7, 11) is 0. The summed E-state index contributed by atoms with van der Waals surface area (Å²) in [5, 5.41) is 7.83. The fourth-order valence-corrected chi connectivity index (χ4v) is 2.29. The van der Waals surface area contributed by atoms with Crippen molar-refractivity contribution in [3.05, 3.63) is 17.0 Å². The Morgan fingerprint density at radius 3 is 2.61 bits per heavy atom. The number of hydrogen-bond acceptors (Lipinski definition) is 3. The fourth-order valence-electron chi connectivity index (χ4n) is 2.29. The van der Waals surface area contributed by atoms with Gasteiger partial charge in [0.25, 0.3) is 0 Å². The lowest BCUT2D eigenvalue weighted by atomic mass is 10.2. The second-order valence-electron chi connectivity index (χ2n) is 4.69.